The lowest BCUT2D eigenvalue weighted by molar-refractivity contribution is -0.108. The molecule has 0 aliphatic rings. The molecule has 1 rings (SSSR count). The number of hydrogen-bond donors (Lipinski definition) is 3. The third-order valence-electron chi connectivity index (χ3n) is 1.58. The van der Waals surface area contributed by atoms with Gasteiger partial charge in [0.1, 0.15) is 5.75 Å². The van der Waals surface area contributed by atoms with Crippen LogP contribution < -0.4 is 10.6 Å². The van der Waals surface area contributed by atoms with Crippen molar-refractivity contribution in [1.29, 1.82) is 0 Å². The van der Waals surface area contributed by atoms with Crippen molar-refractivity contribution >= 4 is 12.4 Å². The van der Waals surface area contributed by atoms with E-state index in [4.69, 9.17) is 5.11 Å². The minimum Gasteiger partial charge on any atom is -0.508 e. The molecule has 0 unspecified atom stereocenters. The van der Waals surface area contributed by atoms with Gasteiger partial charge in [0.2, 0.25) is 6.41 Å². The van der Waals surface area contributed by atoms with Gasteiger partial charge in [0.05, 0.1) is 0 Å². The molecule has 5 heteroatoms. The molecule has 0 radical (unpaired) electrons. The summed E-state index contributed by atoms with van der Waals surface area (Å²) < 4.78 is 0. The highest BCUT2D eigenvalue weighted by Crippen LogP contribution is 2.08. The zero-order valence-corrected chi connectivity index (χ0v) is 7.36. The SMILES string of the molecule is O=CNC(=O)NCc1ccc(O)cc1. The molecule has 3 amide bonds. The topological polar surface area (TPSA) is 78.4 Å². The van der Waals surface area contributed by atoms with E-state index in [9.17, 15) is 9.59 Å². The summed E-state index contributed by atoms with van der Waals surface area (Å²) in [5.74, 6) is 0.172. The molecule has 14 heavy (non-hydrogen) atoms. The van der Waals surface area contributed by atoms with Crippen LogP contribution in [0, 0.1) is 0 Å². The predicted molar refractivity (Wildman–Crippen MR) is 49.5 cm³/mol. The van der Waals surface area contributed by atoms with Gasteiger partial charge < -0.3 is 10.4 Å². The van der Waals surface area contributed by atoms with E-state index in [2.05, 4.69) is 5.32 Å². The minimum atomic E-state index is -0.548. The van der Waals surface area contributed by atoms with Gasteiger partial charge in [-0.3, -0.25) is 10.1 Å². The second-order valence-electron chi connectivity index (χ2n) is 2.61. The number of urea groups is 1. The molecule has 0 heterocycles. The van der Waals surface area contributed by atoms with Gasteiger partial charge in [-0.1, -0.05) is 12.1 Å². The van der Waals surface area contributed by atoms with Crippen LogP contribution in [0.15, 0.2) is 24.3 Å². The molecule has 0 atom stereocenters. The number of nitrogens with one attached hydrogen (secondary N) is 2. The summed E-state index contributed by atoms with van der Waals surface area (Å²) >= 11 is 0. The highest BCUT2D eigenvalue weighted by Gasteiger charge is 1.98. The molecule has 1 aromatic carbocycles. The summed E-state index contributed by atoms with van der Waals surface area (Å²) in [5, 5.41) is 13.4. The van der Waals surface area contributed by atoms with Gasteiger partial charge in [-0.2, -0.15) is 0 Å². The Morgan fingerprint density at radius 1 is 1.36 bits per heavy atom. The van der Waals surface area contributed by atoms with E-state index in [1.807, 2.05) is 5.32 Å². The van der Waals surface area contributed by atoms with E-state index < -0.39 is 6.03 Å². The number of hydrogen-bond acceptors (Lipinski definition) is 3. The van der Waals surface area contributed by atoms with E-state index in [0.717, 1.165) is 5.56 Å². The van der Waals surface area contributed by atoms with Crippen molar-refractivity contribution in [2.24, 2.45) is 0 Å². The Bertz CT molecular complexity index is 321. The van der Waals surface area contributed by atoms with E-state index in [1.54, 1.807) is 12.1 Å². The lowest BCUT2D eigenvalue weighted by atomic mass is 10.2. The van der Waals surface area contributed by atoms with Crippen molar-refractivity contribution in [2.45, 2.75) is 6.54 Å². The van der Waals surface area contributed by atoms with Crippen LogP contribution in [0.4, 0.5) is 4.79 Å². The molecule has 5 nitrogen and oxygen atoms in total. The van der Waals surface area contributed by atoms with Crippen LogP contribution in [0.5, 0.6) is 5.75 Å². The largest absolute Gasteiger partial charge is 0.508 e. The minimum absolute atomic E-state index is 0.172. The van der Waals surface area contributed by atoms with Crippen molar-refractivity contribution < 1.29 is 14.7 Å². The van der Waals surface area contributed by atoms with Gasteiger partial charge in [0.25, 0.3) is 0 Å². The molecule has 0 aliphatic carbocycles. The summed E-state index contributed by atoms with van der Waals surface area (Å²) in [7, 11) is 0. The molecule has 3 N–H and O–H groups in total. The Balaban J connectivity index is 2.41. The van der Waals surface area contributed by atoms with Gasteiger partial charge in [0, 0.05) is 6.54 Å². The lowest BCUT2D eigenvalue weighted by Gasteiger charge is -2.03. The second-order valence-corrected chi connectivity index (χ2v) is 2.61. The highest BCUT2D eigenvalue weighted by atomic mass is 16.3. The lowest BCUT2D eigenvalue weighted by Crippen LogP contribution is -2.33. The number of amides is 3. The molecule has 0 saturated carbocycles. The summed E-state index contributed by atoms with van der Waals surface area (Å²) in [5.41, 5.74) is 0.837. The zero-order chi connectivity index (χ0) is 10.4. The van der Waals surface area contributed by atoms with Crippen LogP contribution in [-0.2, 0) is 11.3 Å². The van der Waals surface area contributed by atoms with Gasteiger partial charge in [-0.15, -0.1) is 0 Å². The Morgan fingerprint density at radius 3 is 2.57 bits per heavy atom. The van der Waals surface area contributed by atoms with E-state index >= 15 is 0 Å². The molecular weight excluding hydrogens is 184 g/mol. The van der Waals surface area contributed by atoms with Crippen molar-refractivity contribution in [3.63, 3.8) is 0 Å². The third kappa shape index (κ3) is 3.14. The maximum Gasteiger partial charge on any atom is 0.321 e. The average molecular weight is 194 g/mol. The predicted octanol–water partition coefficient (Wildman–Crippen LogP) is 0.348. The number of imide groups is 1. The number of carbonyl (C=O) groups excluding carboxylic acids is 2. The first-order chi connectivity index (χ1) is 6.72. The van der Waals surface area contributed by atoms with Gasteiger partial charge in [-0.05, 0) is 17.7 Å². The Hall–Kier alpha value is -2.04. The van der Waals surface area contributed by atoms with Crippen molar-refractivity contribution in [1.82, 2.24) is 10.6 Å². The maximum atomic E-state index is 10.8. The average Bonchev–Trinajstić information content (AvgIpc) is 2.17. The van der Waals surface area contributed by atoms with Crippen LogP contribution in [0.25, 0.3) is 0 Å². The molecule has 0 bridgehead atoms. The van der Waals surface area contributed by atoms with E-state index in [1.165, 1.54) is 12.1 Å². The normalized spacial score (nSPS) is 9.14. The maximum absolute atomic E-state index is 10.8. The molecule has 0 fully saturated rings. The number of benzene rings is 1. The summed E-state index contributed by atoms with van der Waals surface area (Å²) in [6.07, 6.45) is 0.312. The van der Waals surface area contributed by atoms with Crippen LogP contribution in [0.2, 0.25) is 0 Å². The molecule has 1 aromatic rings. The van der Waals surface area contributed by atoms with Crippen LogP contribution in [0.1, 0.15) is 5.56 Å². The first-order valence-corrected chi connectivity index (χ1v) is 3.98. The number of rotatable bonds is 3. The molecule has 74 valence electrons. The van der Waals surface area contributed by atoms with Gasteiger partial charge >= 0.3 is 6.03 Å². The summed E-state index contributed by atoms with van der Waals surface area (Å²) in [6.45, 7) is 0.306. The zero-order valence-electron chi connectivity index (χ0n) is 7.36. The fourth-order valence-electron chi connectivity index (χ4n) is 0.901. The fraction of sp³-hybridized carbons (Fsp3) is 0.111. The van der Waals surface area contributed by atoms with Gasteiger partial charge in [0.15, 0.2) is 0 Å². The number of aromatic hydroxyl groups is 1. The molecule has 0 spiro atoms. The third-order valence-corrected chi connectivity index (χ3v) is 1.58. The monoisotopic (exact) mass is 194 g/mol. The van der Waals surface area contributed by atoms with Gasteiger partial charge in [-0.25, -0.2) is 4.79 Å². The first-order valence-electron chi connectivity index (χ1n) is 3.98. The van der Waals surface area contributed by atoms with Crippen molar-refractivity contribution in [2.75, 3.05) is 0 Å². The van der Waals surface area contributed by atoms with Crippen LogP contribution in [0.3, 0.4) is 0 Å². The van der Waals surface area contributed by atoms with E-state index in [0.29, 0.717) is 13.0 Å². The molecule has 0 saturated heterocycles. The Labute approximate surface area is 80.7 Å². The summed E-state index contributed by atoms with van der Waals surface area (Å²) in [4.78, 5) is 20.6. The highest BCUT2D eigenvalue weighted by molar-refractivity contribution is 5.84. The van der Waals surface area contributed by atoms with Crippen LogP contribution in [-0.4, -0.2) is 17.5 Å². The number of carbonyl (C=O) groups is 2. The van der Waals surface area contributed by atoms with Crippen molar-refractivity contribution in [3.8, 4) is 5.75 Å². The molecule has 0 aliphatic heterocycles. The Kier molecular flexibility index (Phi) is 3.49. The quantitative estimate of drug-likeness (QED) is 0.607. The standard InChI is InChI=1S/C9H10N2O3/c12-6-11-9(14)10-5-7-1-3-8(13)4-2-7/h1-4,6,13H,5H2,(H2,10,11,12,14). The van der Waals surface area contributed by atoms with Crippen LogP contribution >= 0.6 is 0 Å². The fourth-order valence-corrected chi connectivity index (χ4v) is 0.901. The number of phenols is 1. The second kappa shape index (κ2) is 4.86. The van der Waals surface area contributed by atoms with E-state index in [-0.39, 0.29) is 5.75 Å². The number of phenolic OH excluding ortho intramolecular Hbond substituents is 1. The Morgan fingerprint density at radius 2 is 2.00 bits per heavy atom. The summed E-state index contributed by atoms with van der Waals surface area (Å²) in [6, 6.07) is 5.85. The van der Waals surface area contributed by atoms with Crippen molar-refractivity contribution in [3.05, 3.63) is 29.8 Å². The molecule has 0 aromatic heterocycles. The smallest absolute Gasteiger partial charge is 0.321 e. The molecular formula is C9H10N2O3. The first kappa shape index (κ1) is 10.0.